The number of halogens is 1. The molecule has 0 atom stereocenters. The van der Waals surface area contributed by atoms with Crippen LogP contribution in [0.1, 0.15) is 25.5 Å². The number of rotatable bonds is 5. The average Bonchev–Trinajstić information content (AvgIpc) is 2.98. The van der Waals surface area contributed by atoms with Gasteiger partial charge in [0.15, 0.2) is 5.09 Å². The lowest BCUT2D eigenvalue weighted by molar-refractivity contribution is -0.120. The molecule has 1 saturated heterocycles. The van der Waals surface area contributed by atoms with Crippen LogP contribution in [0, 0.1) is 0 Å². The van der Waals surface area contributed by atoms with Crippen LogP contribution >= 0.6 is 23.4 Å². The highest BCUT2D eigenvalue weighted by Crippen LogP contribution is 2.30. The van der Waals surface area contributed by atoms with Crippen LogP contribution in [0.25, 0.3) is 0 Å². The van der Waals surface area contributed by atoms with E-state index < -0.39 is 0 Å². The number of piperidine rings is 1. The molecule has 1 aliphatic heterocycles. The molecule has 0 radical (unpaired) electrons. The van der Waals surface area contributed by atoms with Crippen molar-refractivity contribution < 1.29 is 9.21 Å². The Morgan fingerprint density at radius 1 is 1.25 bits per heavy atom. The number of nitrogens with one attached hydrogen (secondary N) is 1. The van der Waals surface area contributed by atoms with E-state index in [9.17, 15) is 4.79 Å². The van der Waals surface area contributed by atoms with Gasteiger partial charge >= 0.3 is 0 Å². The molecule has 0 saturated carbocycles. The molecule has 1 aromatic heterocycles. The number of amides is 1. The van der Waals surface area contributed by atoms with Crippen LogP contribution in [0.4, 0.5) is 0 Å². The minimum atomic E-state index is 0.0587. The standard InChI is InChI=1S/C18H21ClN2O2S/c1-13(22)20-15-8-10-21(11-9-15)12-16-4-7-18(23-16)24-17-5-2-14(19)3-6-17/h2-7,15H,8-12H2,1H3,(H,20,22). The van der Waals surface area contributed by atoms with Crippen molar-refractivity contribution in [1.29, 1.82) is 0 Å². The SMILES string of the molecule is CC(=O)NC1CCN(Cc2ccc(Sc3ccc(Cl)cc3)o2)CC1. The molecule has 6 heteroatoms. The molecule has 1 fully saturated rings. The summed E-state index contributed by atoms with van der Waals surface area (Å²) in [7, 11) is 0. The molecular weight excluding hydrogens is 344 g/mol. The number of carbonyl (C=O) groups excluding carboxylic acids is 1. The highest BCUT2D eigenvalue weighted by Gasteiger charge is 2.20. The lowest BCUT2D eigenvalue weighted by Crippen LogP contribution is -2.43. The number of furan rings is 1. The van der Waals surface area contributed by atoms with E-state index in [1.54, 1.807) is 18.7 Å². The Hall–Kier alpha value is -1.43. The first kappa shape index (κ1) is 17.4. The number of nitrogens with zero attached hydrogens (tertiary/aromatic N) is 1. The van der Waals surface area contributed by atoms with Crippen LogP contribution in [0.5, 0.6) is 0 Å². The Kier molecular flexibility index (Phi) is 5.87. The highest BCUT2D eigenvalue weighted by molar-refractivity contribution is 7.99. The van der Waals surface area contributed by atoms with Gasteiger partial charge in [-0.2, -0.15) is 0 Å². The predicted octanol–water partition coefficient (Wildman–Crippen LogP) is 4.18. The first-order valence-electron chi connectivity index (χ1n) is 8.10. The van der Waals surface area contributed by atoms with Gasteiger partial charge in [0.25, 0.3) is 0 Å². The van der Waals surface area contributed by atoms with E-state index in [0.29, 0.717) is 6.04 Å². The molecule has 1 aliphatic rings. The normalized spacial score (nSPS) is 16.2. The van der Waals surface area contributed by atoms with Gasteiger partial charge in [-0.3, -0.25) is 9.69 Å². The zero-order valence-electron chi connectivity index (χ0n) is 13.6. The molecule has 0 aliphatic carbocycles. The number of benzene rings is 1. The Labute approximate surface area is 151 Å². The number of carbonyl (C=O) groups is 1. The Morgan fingerprint density at radius 2 is 1.96 bits per heavy atom. The van der Waals surface area contributed by atoms with E-state index in [1.165, 1.54) is 0 Å². The molecule has 1 aromatic carbocycles. The molecule has 2 aromatic rings. The second-order valence-corrected chi connectivity index (χ2v) is 7.54. The fourth-order valence-corrected chi connectivity index (χ4v) is 3.78. The fraction of sp³-hybridized carbons (Fsp3) is 0.389. The lowest BCUT2D eigenvalue weighted by Gasteiger charge is -2.31. The maximum Gasteiger partial charge on any atom is 0.217 e. The van der Waals surface area contributed by atoms with Crippen molar-refractivity contribution in [3.8, 4) is 0 Å². The summed E-state index contributed by atoms with van der Waals surface area (Å²) >= 11 is 7.50. The molecule has 0 unspecified atom stereocenters. The van der Waals surface area contributed by atoms with Gasteiger partial charge < -0.3 is 9.73 Å². The lowest BCUT2D eigenvalue weighted by atomic mass is 10.1. The summed E-state index contributed by atoms with van der Waals surface area (Å²) in [6.07, 6.45) is 1.99. The smallest absolute Gasteiger partial charge is 0.217 e. The molecule has 1 N–H and O–H groups in total. The van der Waals surface area contributed by atoms with Crippen LogP contribution in [-0.4, -0.2) is 29.9 Å². The maximum atomic E-state index is 11.1. The minimum absolute atomic E-state index is 0.0587. The van der Waals surface area contributed by atoms with Gasteiger partial charge in [0.05, 0.1) is 6.54 Å². The second-order valence-electron chi connectivity index (χ2n) is 6.03. The first-order chi connectivity index (χ1) is 11.6. The molecule has 128 valence electrons. The summed E-state index contributed by atoms with van der Waals surface area (Å²) in [6, 6.07) is 12.1. The maximum absolute atomic E-state index is 11.1. The Bertz CT molecular complexity index is 679. The monoisotopic (exact) mass is 364 g/mol. The zero-order chi connectivity index (χ0) is 16.9. The van der Waals surface area contributed by atoms with Crippen molar-refractivity contribution >= 4 is 29.3 Å². The summed E-state index contributed by atoms with van der Waals surface area (Å²) in [5.41, 5.74) is 0. The summed E-state index contributed by atoms with van der Waals surface area (Å²) in [5.74, 6) is 1.03. The summed E-state index contributed by atoms with van der Waals surface area (Å²) in [5, 5.41) is 4.63. The second kappa shape index (κ2) is 8.10. The molecule has 24 heavy (non-hydrogen) atoms. The van der Waals surface area contributed by atoms with Crippen molar-refractivity contribution in [3.63, 3.8) is 0 Å². The number of likely N-dealkylation sites (tertiary alicyclic amines) is 1. The van der Waals surface area contributed by atoms with Crippen molar-refractivity contribution in [2.75, 3.05) is 13.1 Å². The van der Waals surface area contributed by atoms with Gasteiger partial charge in [-0.05, 0) is 49.2 Å². The summed E-state index contributed by atoms with van der Waals surface area (Å²) in [6.45, 7) is 4.35. The van der Waals surface area contributed by atoms with E-state index in [4.69, 9.17) is 16.0 Å². The Morgan fingerprint density at radius 3 is 2.62 bits per heavy atom. The predicted molar refractivity (Wildman–Crippen MR) is 96.4 cm³/mol. The summed E-state index contributed by atoms with van der Waals surface area (Å²) in [4.78, 5) is 14.6. The molecule has 0 spiro atoms. The molecule has 3 rings (SSSR count). The van der Waals surface area contributed by atoms with E-state index in [0.717, 1.165) is 53.2 Å². The van der Waals surface area contributed by atoms with Crippen molar-refractivity contribution in [1.82, 2.24) is 10.2 Å². The molecule has 0 bridgehead atoms. The largest absolute Gasteiger partial charge is 0.453 e. The summed E-state index contributed by atoms with van der Waals surface area (Å²) < 4.78 is 5.93. The number of hydrogen-bond acceptors (Lipinski definition) is 4. The van der Waals surface area contributed by atoms with Crippen LogP contribution in [0.15, 0.2) is 50.8 Å². The van der Waals surface area contributed by atoms with Crippen molar-refractivity contribution in [2.24, 2.45) is 0 Å². The van der Waals surface area contributed by atoms with Gasteiger partial charge in [0.1, 0.15) is 5.76 Å². The van der Waals surface area contributed by atoms with Gasteiger partial charge in [0.2, 0.25) is 5.91 Å². The fourth-order valence-electron chi connectivity index (χ4n) is 2.86. The Balaban J connectivity index is 1.49. The third kappa shape index (κ3) is 5.03. The van der Waals surface area contributed by atoms with Crippen LogP contribution < -0.4 is 5.32 Å². The molecule has 4 nitrogen and oxygen atoms in total. The first-order valence-corrected chi connectivity index (χ1v) is 9.29. The van der Waals surface area contributed by atoms with Crippen molar-refractivity contribution in [2.45, 2.75) is 42.3 Å². The molecular formula is C18H21ClN2O2S. The van der Waals surface area contributed by atoms with Gasteiger partial charge in [-0.15, -0.1) is 0 Å². The third-order valence-corrected chi connectivity index (χ3v) is 5.22. The quantitative estimate of drug-likeness (QED) is 0.864. The average molecular weight is 365 g/mol. The van der Waals surface area contributed by atoms with E-state index in [2.05, 4.69) is 10.2 Å². The van der Waals surface area contributed by atoms with E-state index in [-0.39, 0.29) is 5.91 Å². The molecule has 1 amide bonds. The zero-order valence-corrected chi connectivity index (χ0v) is 15.2. The molecule has 2 heterocycles. The van der Waals surface area contributed by atoms with Gasteiger partial charge in [-0.1, -0.05) is 23.4 Å². The van der Waals surface area contributed by atoms with E-state index >= 15 is 0 Å². The number of hydrogen-bond donors (Lipinski definition) is 1. The van der Waals surface area contributed by atoms with Crippen molar-refractivity contribution in [3.05, 3.63) is 47.2 Å². The van der Waals surface area contributed by atoms with E-state index in [1.807, 2.05) is 36.4 Å². The third-order valence-electron chi connectivity index (χ3n) is 4.04. The van der Waals surface area contributed by atoms with Crippen LogP contribution in [0.3, 0.4) is 0 Å². The van der Waals surface area contributed by atoms with Crippen LogP contribution in [-0.2, 0) is 11.3 Å². The van der Waals surface area contributed by atoms with Crippen LogP contribution in [0.2, 0.25) is 5.02 Å². The highest BCUT2D eigenvalue weighted by atomic mass is 35.5. The van der Waals surface area contributed by atoms with Gasteiger partial charge in [0, 0.05) is 36.0 Å². The van der Waals surface area contributed by atoms with Gasteiger partial charge in [-0.25, -0.2) is 0 Å². The minimum Gasteiger partial charge on any atom is -0.453 e. The topological polar surface area (TPSA) is 45.5 Å².